The van der Waals surface area contributed by atoms with Crippen LogP contribution in [0.1, 0.15) is 6.92 Å². The number of nitriles is 1. The highest BCUT2D eigenvalue weighted by Gasteiger charge is 1.95. The smallest absolute Gasteiger partial charge is 0.0587 e. The number of fused-ring (bicyclic) bond motifs is 2. The first-order valence-electron chi connectivity index (χ1n) is 5.53. The summed E-state index contributed by atoms with van der Waals surface area (Å²) in [6.07, 6.45) is 0. The molecule has 0 amide bonds. The Labute approximate surface area is 101 Å². The molecule has 3 rings (SSSR count). The van der Waals surface area contributed by atoms with Crippen molar-refractivity contribution in [1.82, 2.24) is 0 Å². The zero-order valence-electron chi connectivity index (χ0n) is 9.72. The number of rotatable bonds is 0. The van der Waals surface area contributed by atoms with Crippen molar-refractivity contribution in [2.75, 3.05) is 0 Å². The van der Waals surface area contributed by atoms with Gasteiger partial charge in [-0.05, 0) is 33.7 Å². The third kappa shape index (κ3) is 2.43. The largest absolute Gasteiger partial charge is 0.199 e. The van der Waals surface area contributed by atoms with E-state index in [1.165, 1.54) is 28.5 Å². The molecule has 0 heterocycles. The molecule has 3 aromatic rings. The van der Waals surface area contributed by atoms with E-state index in [1.807, 2.05) is 0 Å². The van der Waals surface area contributed by atoms with Gasteiger partial charge in [0.15, 0.2) is 0 Å². The first kappa shape index (κ1) is 11.2. The molecule has 0 aliphatic rings. The predicted molar refractivity (Wildman–Crippen MR) is 72.7 cm³/mol. The topological polar surface area (TPSA) is 23.8 Å². The van der Waals surface area contributed by atoms with Crippen LogP contribution in [0.15, 0.2) is 60.7 Å². The number of benzene rings is 3. The molecule has 3 aromatic carbocycles. The van der Waals surface area contributed by atoms with Crippen LogP contribution in [-0.4, -0.2) is 0 Å². The summed E-state index contributed by atoms with van der Waals surface area (Å²) in [6, 6.07) is 23.2. The summed E-state index contributed by atoms with van der Waals surface area (Å²) in [5.74, 6) is 0. The zero-order chi connectivity index (χ0) is 12.1. The van der Waals surface area contributed by atoms with E-state index < -0.39 is 0 Å². The summed E-state index contributed by atoms with van der Waals surface area (Å²) < 4.78 is 0. The lowest BCUT2D eigenvalue weighted by Crippen LogP contribution is -1.74. The number of nitrogens with zero attached hydrogens (tertiary/aromatic N) is 1. The summed E-state index contributed by atoms with van der Waals surface area (Å²) >= 11 is 0. The first-order chi connectivity index (χ1) is 8.35. The van der Waals surface area contributed by atoms with Crippen molar-refractivity contribution in [2.24, 2.45) is 0 Å². The SMILES string of the molecule is CC#N.c1ccc2cc3ccccc3cc2c1. The minimum Gasteiger partial charge on any atom is -0.199 e. The Kier molecular flexibility index (Phi) is 3.37. The Bertz CT molecular complexity index is 572. The van der Waals surface area contributed by atoms with Gasteiger partial charge in [0.25, 0.3) is 0 Å². The van der Waals surface area contributed by atoms with Crippen LogP contribution >= 0.6 is 0 Å². The Morgan fingerprint density at radius 3 is 1.18 bits per heavy atom. The number of hydrogen-bond acceptors (Lipinski definition) is 1. The van der Waals surface area contributed by atoms with Gasteiger partial charge in [-0.3, -0.25) is 0 Å². The second kappa shape index (κ2) is 5.14. The molecule has 0 unspecified atom stereocenters. The highest BCUT2D eigenvalue weighted by Crippen LogP contribution is 2.21. The van der Waals surface area contributed by atoms with Crippen molar-refractivity contribution in [3.05, 3.63) is 60.7 Å². The van der Waals surface area contributed by atoms with Gasteiger partial charge >= 0.3 is 0 Å². The van der Waals surface area contributed by atoms with Gasteiger partial charge in [-0.15, -0.1) is 0 Å². The van der Waals surface area contributed by atoms with E-state index in [9.17, 15) is 0 Å². The second-order valence-electron chi connectivity index (χ2n) is 3.77. The lowest BCUT2D eigenvalue weighted by Gasteiger charge is -2.00. The van der Waals surface area contributed by atoms with Gasteiger partial charge in [-0.2, -0.15) is 5.26 Å². The van der Waals surface area contributed by atoms with Gasteiger partial charge in [0.05, 0.1) is 6.07 Å². The van der Waals surface area contributed by atoms with Gasteiger partial charge in [-0.25, -0.2) is 0 Å². The molecule has 0 saturated heterocycles. The lowest BCUT2D eigenvalue weighted by molar-refractivity contribution is 1.49. The van der Waals surface area contributed by atoms with Crippen LogP contribution in [0.5, 0.6) is 0 Å². The van der Waals surface area contributed by atoms with E-state index in [1.54, 1.807) is 6.07 Å². The highest BCUT2D eigenvalue weighted by molar-refractivity contribution is 5.98. The van der Waals surface area contributed by atoms with E-state index >= 15 is 0 Å². The van der Waals surface area contributed by atoms with Crippen molar-refractivity contribution in [3.63, 3.8) is 0 Å². The fraction of sp³-hybridized carbons (Fsp3) is 0.0625. The molecular formula is C16H13N. The maximum absolute atomic E-state index is 7.32. The van der Waals surface area contributed by atoms with Crippen LogP contribution in [0.25, 0.3) is 21.5 Å². The molecule has 0 aromatic heterocycles. The van der Waals surface area contributed by atoms with Gasteiger partial charge in [0, 0.05) is 6.92 Å². The monoisotopic (exact) mass is 219 g/mol. The van der Waals surface area contributed by atoms with Crippen LogP contribution in [0.4, 0.5) is 0 Å². The van der Waals surface area contributed by atoms with Gasteiger partial charge < -0.3 is 0 Å². The maximum atomic E-state index is 7.32. The van der Waals surface area contributed by atoms with Gasteiger partial charge in [0.2, 0.25) is 0 Å². The zero-order valence-corrected chi connectivity index (χ0v) is 9.72. The summed E-state index contributed by atoms with van der Waals surface area (Å²) in [4.78, 5) is 0. The quantitative estimate of drug-likeness (QED) is 0.510. The third-order valence-electron chi connectivity index (χ3n) is 2.61. The Morgan fingerprint density at radius 2 is 0.941 bits per heavy atom. The normalized spacial score (nSPS) is 9.41. The Hall–Kier alpha value is -2.33. The van der Waals surface area contributed by atoms with Crippen LogP contribution in [0, 0.1) is 11.3 Å². The molecule has 0 N–H and O–H groups in total. The van der Waals surface area contributed by atoms with Crippen molar-refractivity contribution < 1.29 is 0 Å². The van der Waals surface area contributed by atoms with Crippen molar-refractivity contribution in [2.45, 2.75) is 6.92 Å². The minimum absolute atomic E-state index is 1.31. The predicted octanol–water partition coefficient (Wildman–Crippen LogP) is 4.52. The number of hydrogen-bond donors (Lipinski definition) is 0. The molecule has 0 fully saturated rings. The van der Waals surface area contributed by atoms with Crippen LogP contribution in [0.2, 0.25) is 0 Å². The molecular weight excluding hydrogens is 206 g/mol. The summed E-state index contributed by atoms with van der Waals surface area (Å²) in [5.41, 5.74) is 0. The van der Waals surface area contributed by atoms with Gasteiger partial charge in [0.1, 0.15) is 0 Å². The van der Waals surface area contributed by atoms with E-state index in [0.717, 1.165) is 0 Å². The molecule has 1 nitrogen and oxygen atoms in total. The Balaban J connectivity index is 0.000000329. The first-order valence-corrected chi connectivity index (χ1v) is 5.53. The van der Waals surface area contributed by atoms with Crippen LogP contribution in [0.3, 0.4) is 0 Å². The fourth-order valence-corrected chi connectivity index (χ4v) is 1.88. The highest BCUT2D eigenvalue weighted by atomic mass is 14.2. The van der Waals surface area contributed by atoms with Crippen molar-refractivity contribution >= 4 is 21.5 Å². The van der Waals surface area contributed by atoms with Gasteiger partial charge in [-0.1, -0.05) is 48.5 Å². The fourth-order valence-electron chi connectivity index (χ4n) is 1.88. The summed E-state index contributed by atoms with van der Waals surface area (Å²) in [5, 5.41) is 12.6. The van der Waals surface area contributed by atoms with E-state index in [0.29, 0.717) is 0 Å². The minimum atomic E-state index is 1.31. The second-order valence-corrected chi connectivity index (χ2v) is 3.77. The molecule has 0 aliphatic heterocycles. The molecule has 1 heteroatoms. The summed E-state index contributed by atoms with van der Waals surface area (Å²) in [6.45, 7) is 1.43. The average molecular weight is 219 g/mol. The third-order valence-corrected chi connectivity index (χ3v) is 2.61. The molecule has 82 valence electrons. The summed E-state index contributed by atoms with van der Waals surface area (Å²) in [7, 11) is 0. The molecule has 0 bridgehead atoms. The van der Waals surface area contributed by atoms with Crippen LogP contribution in [-0.2, 0) is 0 Å². The molecule has 0 atom stereocenters. The molecule has 0 spiro atoms. The average Bonchev–Trinajstić information content (AvgIpc) is 2.37. The van der Waals surface area contributed by atoms with E-state index in [-0.39, 0.29) is 0 Å². The molecule has 0 radical (unpaired) electrons. The van der Waals surface area contributed by atoms with E-state index in [4.69, 9.17) is 5.26 Å². The standard InChI is InChI=1S/C14H10.C2H3N/c1-2-6-12-10-14-8-4-3-7-13(14)9-11(12)5-1;1-2-3/h1-10H;1H3. The lowest BCUT2D eigenvalue weighted by atomic mass is 10.0. The maximum Gasteiger partial charge on any atom is 0.0587 e. The van der Waals surface area contributed by atoms with Crippen molar-refractivity contribution in [3.8, 4) is 6.07 Å². The molecule has 0 aliphatic carbocycles. The Morgan fingerprint density at radius 1 is 0.706 bits per heavy atom. The molecule has 0 saturated carbocycles. The van der Waals surface area contributed by atoms with Crippen LogP contribution < -0.4 is 0 Å². The van der Waals surface area contributed by atoms with Crippen molar-refractivity contribution in [1.29, 1.82) is 5.26 Å². The molecule has 17 heavy (non-hydrogen) atoms. The van der Waals surface area contributed by atoms with E-state index in [2.05, 4.69) is 60.7 Å².